The second-order valence-electron chi connectivity index (χ2n) is 6.10. The predicted octanol–water partition coefficient (Wildman–Crippen LogP) is 4.27. The molecule has 0 aliphatic rings. The zero-order valence-electron chi connectivity index (χ0n) is 14.4. The fraction of sp³-hybridized carbons (Fsp3) is 0.438. The lowest BCUT2D eigenvalue weighted by molar-refractivity contribution is -0.137. The molecule has 1 aromatic heterocycles. The van der Waals surface area contributed by atoms with Gasteiger partial charge in [-0.15, -0.1) is 0 Å². The molecule has 0 saturated carbocycles. The van der Waals surface area contributed by atoms with Crippen LogP contribution in [-0.2, 0) is 6.18 Å². The van der Waals surface area contributed by atoms with Crippen molar-refractivity contribution in [3.63, 3.8) is 0 Å². The molecule has 0 aliphatic carbocycles. The molecule has 9 heteroatoms. The van der Waals surface area contributed by atoms with Gasteiger partial charge in [0.15, 0.2) is 0 Å². The number of nitrogens with zero attached hydrogens (tertiary/aromatic N) is 3. The van der Waals surface area contributed by atoms with Crippen LogP contribution >= 0.6 is 0 Å². The molecule has 0 aliphatic heterocycles. The van der Waals surface area contributed by atoms with E-state index in [0.717, 1.165) is 12.1 Å². The minimum atomic E-state index is -4.37. The van der Waals surface area contributed by atoms with Crippen LogP contribution in [-0.4, -0.2) is 27.0 Å². The van der Waals surface area contributed by atoms with E-state index in [9.17, 15) is 13.2 Å². The number of hydrogen-bond donors (Lipinski definition) is 3. The molecule has 6 nitrogen and oxygen atoms in total. The van der Waals surface area contributed by atoms with Crippen molar-refractivity contribution in [1.82, 2.24) is 15.0 Å². The fourth-order valence-corrected chi connectivity index (χ4v) is 1.95. The first-order valence-corrected chi connectivity index (χ1v) is 7.87. The van der Waals surface area contributed by atoms with E-state index >= 15 is 0 Å². The monoisotopic (exact) mass is 354 g/mol. The third-order valence-corrected chi connectivity index (χ3v) is 2.94. The minimum absolute atomic E-state index is 0.119. The van der Waals surface area contributed by atoms with E-state index in [1.165, 1.54) is 12.1 Å². The number of hydrogen-bond acceptors (Lipinski definition) is 6. The second kappa shape index (κ2) is 7.54. The molecule has 0 amide bonds. The average molecular weight is 354 g/mol. The molecule has 2 rings (SSSR count). The van der Waals surface area contributed by atoms with Gasteiger partial charge in [0.25, 0.3) is 0 Å². The summed E-state index contributed by atoms with van der Waals surface area (Å²) in [6.07, 6.45) is -4.37. The number of nitrogens with one attached hydrogen (secondary N) is 3. The van der Waals surface area contributed by atoms with Gasteiger partial charge in [0.2, 0.25) is 17.8 Å². The zero-order chi connectivity index (χ0) is 18.6. The van der Waals surface area contributed by atoms with Crippen LogP contribution in [0.15, 0.2) is 24.3 Å². The topological polar surface area (TPSA) is 74.8 Å². The van der Waals surface area contributed by atoms with Crippen molar-refractivity contribution >= 4 is 23.5 Å². The summed E-state index contributed by atoms with van der Waals surface area (Å²) in [7, 11) is 0. The van der Waals surface area contributed by atoms with E-state index in [1.54, 1.807) is 0 Å². The van der Waals surface area contributed by atoms with Crippen LogP contribution in [0.3, 0.4) is 0 Å². The zero-order valence-corrected chi connectivity index (χ0v) is 14.4. The summed E-state index contributed by atoms with van der Waals surface area (Å²) in [5.41, 5.74) is -0.261. The highest BCUT2D eigenvalue weighted by Gasteiger charge is 2.29. The normalized spacial score (nSPS) is 11.7. The number of rotatable bonds is 6. The van der Waals surface area contributed by atoms with E-state index in [1.807, 2.05) is 27.7 Å². The first kappa shape index (κ1) is 18.8. The van der Waals surface area contributed by atoms with Gasteiger partial charge < -0.3 is 16.0 Å². The summed E-state index contributed by atoms with van der Waals surface area (Å²) in [4.78, 5) is 12.7. The molecule has 136 valence electrons. The largest absolute Gasteiger partial charge is 0.416 e. The minimum Gasteiger partial charge on any atom is -0.352 e. The SMILES string of the molecule is CC(C)Nc1nc(Nc2ccc(C(F)(F)F)cc2)nc(NC(C)C)n1. The van der Waals surface area contributed by atoms with Crippen molar-refractivity contribution < 1.29 is 13.2 Å². The molecule has 0 unspecified atom stereocenters. The molecule has 0 saturated heterocycles. The van der Waals surface area contributed by atoms with Crippen molar-refractivity contribution in [2.45, 2.75) is 46.0 Å². The summed E-state index contributed by atoms with van der Waals surface area (Å²) >= 11 is 0. The van der Waals surface area contributed by atoms with Crippen LogP contribution in [0.5, 0.6) is 0 Å². The maximum atomic E-state index is 12.6. The van der Waals surface area contributed by atoms with Crippen molar-refractivity contribution in [2.75, 3.05) is 16.0 Å². The highest BCUT2D eigenvalue weighted by molar-refractivity contribution is 5.56. The number of halogens is 3. The molecule has 0 bridgehead atoms. The highest BCUT2D eigenvalue weighted by atomic mass is 19.4. The van der Waals surface area contributed by atoms with E-state index in [-0.39, 0.29) is 18.0 Å². The van der Waals surface area contributed by atoms with Crippen molar-refractivity contribution in [3.8, 4) is 0 Å². The Morgan fingerprint density at radius 3 is 1.60 bits per heavy atom. The van der Waals surface area contributed by atoms with Crippen molar-refractivity contribution in [2.24, 2.45) is 0 Å². The predicted molar refractivity (Wildman–Crippen MR) is 92.1 cm³/mol. The van der Waals surface area contributed by atoms with Gasteiger partial charge >= 0.3 is 6.18 Å². The van der Waals surface area contributed by atoms with Gasteiger partial charge in [-0.2, -0.15) is 28.1 Å². The Balaban J connectivity index is 2.24. The molecule has 2 aromatic rings. The van der Waals surface area contributed by atoms with Gasteiger partial charge in [-0.1, -0.05) is 0 Å². The lowest BCUT2D eigenvalue weighted by Crippen LogP contribution is -2.18. The van der Waals surface area contributed by atoms with Crippen LogP contribution in [0, 0.1) is 0 Å². The van der Waals surface area contributed by atoms with Crippen LogP contribution < -0.4 is 16.0 Å². The molecule has 0 spiro atoms. The summed E-state index contributed by atoms with van der Waals surface area (Å²) in [6.45, 7) is 7.79. The lowest BCUT2D eigenvalue weighted by Gasteiger charge is -2.14. The first-order valence-electron chi connectivity index (χ1n) is 7.87. The lowest BCUT2D eigenvalue weighted by atomic mass is 10.2. The third-order valence-electron chi connectivity index (χ3n) is 2.94. The fourth-order valence-electron chi connectivity index (χ4n) is 1.95. The standard InChI is InChI=1S/C16H21F3N6/c1-9(2)20-13-23-14(21-10(3)4)25-15(24-13)22-12-7-5-11(6-8-12)16(17,18)19/h5-10H,1-4H3,(H3,20,21,22,23,24,25). The second-order valence-corrected chi connectivity index (χ2v) is 6.10. The molecular weight excluding hydrogens is 333 g/mol. The smallest absolute Gasteiger partial charge is 0.352 e. The number of anilines is 4. The van der Waals surface area contributed by atoms with Gasteiger partial charge in [0.1, 0.15) is 0 Å². The Morgan fingerprint density at radius 2 is 1.20 bits per heavy atom. The Labute approximate surface area is 144 Å². The average Bonchev–Trinajstić information content (AvgIpc) is 2.45. The Bertz CT molecular complexity index is 670. The van der Waals surface area contributed by atoms with Gasteiger partial charge in [0.05, 0.1) is 5.56 Å². The Kier molecular flexibility index (Phi) is 5.66. The third kappa shape index (κ3) is 5.77. The molecular formula is C16H21F3N6. The van der Waals surface area contributed by atoms with E-state index in [2.05, 4.69) is 30.9 Å². The van der Waals surface area contributed by atoms with Crippen LogP contribution in [0.1, 0.15) is 33.3 Å². The Hall–Kier alpha value is -2.58. The van der Waals surface area contributed by atoms with E-state index in [0.29, 0.717) is 17.6 Å². The molecule has 0 atom stereocenters. The number of aromatic nitrogens is 3. The van der Waals surface area contributed by atoms with Crippen LogP contribution in [0.2, 0.25) is 0 Å². The van der Waals surface area contributed by atoms with Crippen molar-refractivity contribution in [1.29, 1.82) is 0 Å². The van der Waals surface area contributed by atoms with E-state index in [4.69, 9.17) is 0 Å². The van der Waals surface area contributed by atoms with Gasteiger partial charge in [-0.3, -0.25) is 0 Å². The number of alkyl halides is 3. The van der Waals surface area contributed by atoms with Crippen LogP contribution in [0.25, 0.3) is 0 Å². The first-order chi connectivity index (χ1) is 11.6. The molecule has 1 heterocycles. The highest BCUT2D eigenvalue weighted by Crippen LogP contribution is 2.30. The molecule has 1 aromatic carbocycles. The molecule has 25 heavy (non-hydrogen) atoms. The maximum Gasteiger partial charge on any atom is 0.416 e. The van der Waals surface area contributed by atoms with Crippen molar-refractivity contribution in [3.05, 3.63) is 29.8 Å². The molecule has 3 N–H and O–H groups in total. The van der Waals surface area contributed by atoms with E-state index < -0.39 is 11.7 Å². The summed E-state index contributed by atoms with van der Waals surface area (Å²) in [5.74, 6) is 0.992. The number of benzene rings is 1. The Morgan fingerprint density at radius 1 is 0.760 bits per heavy atom. The van der Waals surface area contributed by atoms with Crippen LogP contribution in [0.4, 0.5) is 36.7 Å². The van der Waals surface area contributed by atoms with Gasteiger partial charge in [-0.25, -0.2) is 0 Å². The summed E-state index contributed by atoms with van der Waals surface area (Å²) in [5, 5.41) is 9.07. The van der Waals surface area contributed by atoms with Gasteiger partial charge in [0, 0.05) is 17.8 Å². The summed E-state index contributed by atoms with van der Waals surface area (Å²) < 4.78 is 37.9. The summed E-state index contributed by atoms with van der Waals surface area (Å²) in [6, 6.07) is 4.91. The molecule has 0 radical (unpaired) electrons. The quantitative estimate of drug-likeness (QED) is 0.719. The maximum absolute atomic E-state index is 12.6. The van der Waals surface area contributed by atoms with Gasteiger partial charge in [-0.05, 0) is 52.0 Å². The molecule has 0 fully saturated rings.